The molecule has 0 spiro atoms. The lowest BCUT2D eigenvalue weighted by molar-refractivity contribution is 0.0603. The number of aromatic nitrogens is 3. The summed E-state index contributed by atoms with van der Waals surface area (Å²) in [5, 5.41) is 14.9. The van der Waals surface area contributed by atoms with Gasteiger partial charge in [0.1, 0.15) is 0 Å². The van der Waals surface area contributed by atoms with Crippen molar-refractivity contribution >= 4 is 5.91 Å². The van der Waals surface area contributed by atoms with Crippen molar-refractivity contribution in [3.63, 3.8) is 0 Å². The molecule has 0 saturated carbocycles. The topological polar surface area (TPSA) is 71.2 Å². The number of nitrogens with zero attached hydrogens (tertiary/aromatic N) is 4. The number of aryl methyl sites for hydroxylation is 1. The lowest BCUT2D eigenvalue weighted by Gasteiger charge is -2.25. The van der Waals surface area contributed by atoms with E-state index in [1.165, 1.54) is 0 Å². The Morgan fingerprint density at radius 1 is 1.19 bits per heavy atom. The first-order chi connectivity index (χ1) is 13.1. The molecule has 0 aliphatic heterocycles. The first-order valence-corrected chi connectivity index (χ1v) is 9.03. The molecule has 0 radical (unpaired) electrons. The van der Waals surface area contributed by atoms with E-state index in [9.17, 15) is 9.90 Å². The monoisotopic (exact) mass is 364 g/mol. The second-order valence-corrected chi connectivity index (χ2v) is 6.43. The average molecular weight is 364 g/mol. The molecule has 1 amide bonds. The Morgan fingerprint density at radius 3 is 2.52 bits per heavy atom. The van der Waals surface area contributed by atoms with Crippen LogP contribution >= 0.6 is 0 Å². The summed E-state index contributed by atoms with van der Waals surface area (Å²) in [5.74, 6) is -0.140. The maximum absolute atomic E-state index is 13.2. The lowest BCUT2D eigenvalue weighted by Crippen LogP contribution is -2.34. The molecule has 140 valence electrons. The van der Waals surface area contributed by atoms with Crippen LogP contribution in [0.15, 0.2) is 61.1 Å². The third kappa shape index (κ3) is 4.41. The summed E-state index contributed by atoms with van der Waals surface area (Å²) >= 11 is 0. The molecule has 0 unspecified atom stereocenters. The molecule has 6 heteroatoms. The van der Waals surface area contributed by atoms with E-state index < -0.39 is 6.10 Å². The van der Waals surface area contributed by atoms with E-state index in [0.717, 1.165) is 16.8 Å². The van der Waals surface area contributed by atoms with E-state index in [4.69, 9.17) is 0 Å². The Hall–Kier alpha value is -2.99. The molecule has 1 N–H and O–H groups in total. The molecule has 0 bridgehead atoms. The maximum Gasteiger partial charge on any atom is 0.257 e. The van der Waals surface area contributed by atoms with Crippen molar-refractivity contribution < 1.29 is 9.90 Å². The van der Waals surface area contributed by atoms with Crippen LogP contribution in [0.25, 0.3) is 0 Å². The molecule has 2 heterocycles. The second kappa shape index (κ2) is 8.60. The standard InChI is InChI=1S/C21H24N4O2/c1-3-25-16(2)19(13-23-25)21(27)24(14-17-9-11-22-12-10-17)15-20(26)18-7-5-4-6-8-18/h4-13,20,26H,3,14-15H2,1-2H3/t20-/m1/s1. The number of amides is 1. The van der Waals surface area contributed by atoms with Gasteiger partial charge in [0.15, 0.2) is 0 Å². The normalized spacial score (nSPS) is 12.0. The van der Waals surface area contributed by atoms with Crippen LogP contribution in [0.3, 0.4) is 0 Å². The zero-order valence-corrected chi connectivity index (χ0v) is 15.6. The van der Waals surface area contributed by atoms with Crippen molar-refractivity contribution in [1.82, 2.24) is 19.7 Å². The molecule has 2 aromatic heterocycles. The number of carbonyl (C=O) groups excluding carboxylic acids is 1. The van der Waals surface area contributed by atoms with Gasteiger partial charge in [-0.2, -0.15) is 5.10 Å². The van der Waals surface area contributed by atoms with E-state index in [2.05, 4.69) is 10.1 Å². The molecule has 0 fully saturated rings. The summed E-state index contributed by atoms with van der Waals surface area (Å²) in [6.07, 6.45) is 4.24. The van der Waals surface area contributed by atoms with E-state index in [1.54, 1.807) is 28.2 Å². The minimum Gasteiger partial charge on any atom is -0.387 e. The number of aliphatic hydroxyl groups is 1. The molecule has 3 aromatic rings. The smallest absolute Gasteiger partial charge is 0.257 e. The quantitative estimate of drug-likeness (QED) is 0.700. The van der Waals surface area contributed by atoms with Crippen LogP contribution in [0, 0.1) is 6.92 Å². The van der Waals surface area contributed by atoms with Crippen LogP contribution in [0.5, 0.6) is 0 Å². The van der Waals surface area contributed by atoms with Crippen LogP contribution in [-0.2, 0) is 13.1 Å². The van der Waals surface area contributed by atoms with Gasteiger partial charge in [0, 0.05) is 31.2 Å². The number of carbonyl (C=O) groups is 1. The number of hydrogen-bond donors (Lipinski definition) is 1. The number of pyridine rings is 1. The van der Waals surface area contributed by atoms with E-state index in [1.807, 2.05) is 56.3 Å². The molecule has 0 saturated heterocycles. The summed E-state index contributed by atoms with van der Waals surface area (Å²) in [7, 11) is 0. The van der Waals surface area contributed by atoms with E-state index in [-0.39, 0.29) is 12.5 Å². The number of aliphatic hydroxyl groups excluding tert-OH is 1. The van der Waals surface area contributed by atoms with Gasteiger partial charge in [0.25, 0.3) is 5.91 Å². The highest BCUT2D eigenvalue weighted by Gasteiger charge is 2.23. The maximum atomic E-state index is 13.2. The van der Waals surface area contributed by atoms with Crippen LogP contribution < -0.4 is 0 Å². The predicted molar refractivity (Wildman–Crippen MR) is 103 cm³/mol. The first kappa shape index (κ1) is 18.8. The third-order valence-corrected chi connectivity index (χ3v) is 4.62. The van der Waals surface area contributed by atoms with Gasteiger partial charge in [0.2, 0.25) is 0 Å². The number of hydrogen-bond acceptors (Lipinski definition) is 4. The van der Waals surface area contributed by atoms with Crippen molar-refractivity contribution in [3.8, 4) is 0 Å². The molecule has 0 aliphatic carbocycles. The fraction of sp³-hybridized carbons (Fsp3) is 0.286. The minimum absolute atomic E-state index is 0.140. The Balaban J connectivity index is 1.86. The van der Waals surface area contributed by atoms with Crippen molar-refractivity contribution in [2.75, 3.05) is 6.54 Å². The Morgan fingerprint density at radius 2 is 1.89 bits per heavy atom. The van der Waals surface area contributed by atoms with Gasteiger partial charge in [-0.3, -0.25) is 14.5 Å². The minimum atomic E-state index is -0.765. The summed E-state index contributed by atoms with van der Waals surface area (Å²) < 4.78 is 1.80. The van der Waals surface area contributed by atoms with E-state index in [0.29, 0.717) is 18.7 Å². The van der Waals surface area contributed by atoms with Crippen LogP contribution in [0.2, 0.25) is 0 Å². The second-order valence-electron chi connectivity index (χ2n) is 6.43. The summed E-state index contributed by atoms with van der Waals surface area (Å²) in [6, 6.07) is 13.1. The van der Waals surface area contributed by atoms with Crippen LogP contribution in [0.1, 0.15) is 40.2 Å². The van der Waals surface area contributed by atoms with Gasteiger partial charge in [-0.05, 0) is 37.1 Å². The molecular formula is C21H24N4O2. The van der Waals surface area contributed by atoms with Crippen molar-refractivity contribution in [3.05, 3.63) is 83.4 Å². The average Bonchev–Trinajstić information content (AvgIpc) is 3.08. The van der Waals surface area contributed by atoms with Crippen molar-refractivity contribution in [1.29, 1.82) is 0 Å². The van der Waals surface area contributed by atoms with Gasteiger partial charge in [-0.15, -0.1) is 0 Å². The van der Waals surface area contributed by atoms with Crippen LogP contribution in [0.4, 0.5) is 0 Å². The highest BCUT2D eigenvalue weighted by Crippen LogP contribution is 2.19. The SMILES string of the molecule is CCn1ncc(C(=O)N(Cc2ccncc2)C[C@@H](O)c2ccccc2)c1C. The van der Waals surface area contributed by atoms with Crippen molar-refractivity contribution in [2.24, 2.45) is 0 Å². The summed E-state index contributed by atoms with van der Waals surface area (Å²) in [5.41, 5.74) is 3.13. The summed E-state index contributed by atoms with van der Waals surface area (Å²) in [6.45, 7) is 5.17. The van der Waals surface area contributed by atoms with Gasteiger partial charge in [0.05, 0.1) is 24.4 Å². The molecule has 1 atom stereocenters. The van der Waals surface area contributed by atoms with Crippen LogP contribution in [-0.4, -0.2) is 37.2 Å². The van der Waals surface area contributed by atoms with Crippen molar-refractivity contribution in [2.45, 2.75) is 33.0 Å². The molecular weight excluding hydrogens is 340 g/mol. The Kier molecular flexibility index (Phi) is 5.98. The largest absolute Gasteiger partial charge is 0.387 e. The molecule has 27 heavy (non-hydrogen) atoms. The fourth-order valence-electron chi connectivity index (χ4n) is 3.06. The highest BCUT2D eigenvalue weighted by molar-refractivity contribution is 5.95. The molecule has 0 aliphatic rings. The Labute approximate surface area is 159 Å². The highest BCUT2D eigenvalue weighted by atomic mass is 16.3. The summed E-state index contributed by atoms with van der Waals surface area (Å²) in [4.78, 5) is 18.9. The van der Waals surface area contributed by atoms with Gasteiger partial charge >= 0.3 is 0 Å². The first-order valence-electron chi connectivity index (χ1n) is 9.03. The lowest BCUT2D eigenvalue weighted by atomic mass is 10.1. The molecule has 6 nitrogen and oxygen atoms in total. The van der Waals surface area contributed by atoms with E-state index >= 15 is 0 Å². The third-order valence-electron chi connectivity index (χ3n) is 4.62. The predicted octanol–water partition coefficient (Wildman–Crippen LogP) is 2.98. The van der Waals surface area contributed by atoms with Gasteiger partial charge < -0.3 is 10.0 Å². The van der Waals surface area contributed by atoms with Gasteiger partial charge in [-0.25, -0.2) is 0 Å². The Bertz CT molecular complexity index is 878. The molecule has 3 rings (SSSR count). The number of benzene rings is 1. The fourth-order valence-corrected chi connectivity index (χ4v) is 3.06. The zero-order chi connectivity index (χ0) is 19.2. The van der Waals surface area contributed by atoms with Gasteiger partial charge in [-0.1, -0.05) is 30.3 Å². The molecule has 1 aromatic carbocycles. The number of rotatable bonds is 7. The zero-order valence-electron chi connectivity index (χ0n) is 15.6.